The monoisotopic (exact) mass is 448 g/mol. The number of nitrogens with zero attached hydrogens (tertiary/aromatic N) is 1. The lowest BCUT2D eigenvalue weighted by molar-refractivity contribution is -0.118. The van der Waals surface area contributed by atoms with E-state index in [1.165, 1.54) is 5.56 Å². The lowest BCUT2D eigenvalue weighted by atomic mass is 9.99. The fourth-order valence-electron chi connectivity index (χ4n) is 3.39. The summed E-state index contributed by atoms with van der Waals surface area (Å²) >= 11 is 6.34. The molecule has 1 N–H and O–H groups in total. The van der Waals surface area contributed by atoms with Gasteiger partial charge in [-0.2, -0.15) is 0 Å². The molecule has 4 aromatic rings. The summed E-state index contributed by atoms with van der Waals surface area (Å²) in [5.74, 6) is 1.36. The van der Waals surface area contributed by atoms with Crippen molar-refractivity contribution < 1.29 is 13.9 Å². The van der Waals surface area contributed by atoms with Gasteiger partial charge in [0.25, 0.3) is 5.91 Å². The number of rotatable bonds is 7. The van der Waals surface area contributed by atoms with E-state index in [4.69, 9.17) is 20.8 Å². The minimum atomic E-state index is -0.249. The van der Waals surface area contributed by atoms with Crippen LogP contribution in [0.2, 0.25) is 5.02 Å². The first-order valence-electron chi connectivity index (χ1n) is 10.6. The van der Waals surface area contributed by atoms with Crippen molar-refractivity contribution in [3.8, 4) is 17.2 Å². The number of anilines is 1. The first kappa shape index (κ1) is 21.9. The highest BCUT2D eigenvalue weighted by Gasteiger charge is 2.13. The third-order valence-corrected chi connectivity index (χ3v) is 5.77. The second-order valence-corrected chi connectivity index (χ2v) is 8.31. The second-order valence-electron chi connectivity index (χ2n) is 7.90. The number of aryl methyl sites for hydroxylation is 1. The van der Waals surface area contributed by atoms with Crippen LogP contribution >= 0.6 is 11.6 Å². The predicted octanol–water partition coefficient (Wildman–Crippen LogP) is 6.99. The quantitative estimate of drug-likeness (QED) is 0.331. The maximum absolute atomic E-state index is 12.3. The van der Waals surface area contributed by atoms with E-state index in [9.17, 15) is 4.79 Å². The Balaban J connectivity index is 1.41. The fraction of sp³-hybridized carbons (Fsp3) is 0.231. The van der Waals surface area contributed by atoms with Gasteiger partial charge in [0.2, 0.25) is 5.89 Å². The molecule has 0 fully saturated rings. The van der Waals surface area contributed by atoms with E-state index in [1.54, 1.807) is 18.2 Å². The van der Waals surface area contributed by atoms with E-state index in [0.29, 0.717) is 39.4 Å². The molecule has 0 aliphatic heterocycles. The number of fused-ring (bicyclic) bond motifs is 1. The molecule has 1 heterocycles. The lowest BCUT2D eigenvalue weighted by Gasteiger charge is -2.11. The van der Waals surface area contributed by atoms with Crippen LogP contribution in [0.4, 0.5) is 5.69 Å². The number of ether oxygens (including phenoxy) is 1. The largest absolute Gasteiger partial charge is 0.484 e. The van der Waals surface area contributed by atoms with Gasteiger partial charge in [-0.15, -0.1) is 0 Å². The minimum absolute atomic E-state index is 0.0796. The van der Waals surface area contributed by atoms with Crippen molar-refractivity contribution in [1.29, 1.82) is 0 Å². The molecule has 1 amide bonds. The van der Waals surface area contributed by atoms with E-state index < -0.39 is 0 Å². The van der Waals surface area contributed by atoms with Crippen molar-refractivity contribution >= 4 is 34.3 Å². The van der Waals surface area contributed by atoms with Crippen LogP contribution < -0.4 is 10.1 Å². The SMILES string of the molecule is CCC(C)c1ccc(OCC(=O)Nc2ccc3oc(-c4ccc(C)cc4Cl)nc3c2)cc1. The molecule has 0 aliphatic rings. The van der Waals surface area contributed by atoms with Gasteiger partial charge in [0.1, 0.15) is 11.3 Å². The Hall–Kier alpha value is -3.31. The highest BCUT2D eigenvalue weighted by molar-refractivity contribution is 6.33. The Bertz CT molecular complexity index is 1250. The van der Waals surface area contributed by atoms with Gasteiger partial charge in [-0.3, -0.25) is 4.79 Å². The van der Waals surface area contributed by atoms with Crippen molar-refractivity contribution in [2.24, 2.45) is 0 Å². The van der Waals surface area contributed by atoms with Crippen molar-refractivity contribution in [3.63, 3.8) is 0 Å². The number of amides is 1. The Morgan fingerprint density at radius 2 is 1.91 bits per heavy atom. The Morgan fingerprint density at radius 1 is 1.12 bits per heavy atom. The van der Waals surface area contributed by atoms with Crippen molar-refractivity contribution in [3.05, 3.63) is 76.8 Å². The molecule has 0 aliphatic carbocycles. The lowest BCUT2D eigenvalue weighted by Crippen LogP contribution is -2.20. The van der Waals surface area contributed by atoms with Crippen LogP contribution in [0.25, 0.3) is 22.6 Å². The number of benzene rings is 3. The van der Waals surface area contributed by atoms with Crippen molar-refractivity contribution in [2.75, 3.05) is 11.9 Å². The van der Waals surface area contributed by atoms with Gasteiger partial charge in [-0.25, -0.2) is 4.98 Å². The van der Waals surface area contributed by atoms with Gasteiger partial charge in [-0.1, -0.05) is 43.6 Å². The number of aromatic nitrogens is 1. The van der Waals surface area contributed by atoms with Crippen LogP contribution in [0.5, 0.6) is 5.75 Å². The number of hydrogen-bond acceptors (Lipinski definition) is 4. The Kier molecular flexibility index (Phi) is 6.47. The maximum atomic E-state index is 12.3. The summed E-state index contributed by atoms with van der Waals surface area (Å²) in [6.45, 7) is 6.24. The summed E-state index contributed by atoms with van der Waals surface area (Å²) in [6, 6.07) is 18.9. The molecular weight excluding hydrogens is 424 g/mol. The third-order valence-electron chi connectivity index (χ3n) is 5.46. The van der Waals surface area contributed by atoms with E-state index in [0.717, 1.165) is 17.5 Å². The molecule has 1 aromatic heterocycles. The van der Waals surface area contributed by atoms with Gasteiger partial charge in [0.05, 0.1) is 10.6 Å². The second kappa shape index (κ2) is 9.45. The van der Waals surface area contributed by atoms with Crippen molar-refractivity contribution in [1.82, 2.24) is 4.98 Å². The van der Waals surface area contributed by atoms with Gasteiger partial charge in [0, 0.05) is 5.69 Å². The molecule has 0 saturated carbocycles. The summed E-state index contributed by atoms with van der Waals surface area (Å²) in [7, 11) is 0. The molecule has 1 atom stereocenters. The standard InChI is InChI=1S/C26H25ClN2O3/c1-4-17(3)18-6-9-20(10-7-18)31-15-25(30)28-19-8-12-24-23(14-19)29-26(32-24)21-11-5-16(2)13-22(21)27/h5-14,17H,4,15H2,1-3H3,(H,28,30). The molecule has 164 valence electrons. The van der Waals surface area contributed by atoms with Gasteiger partial charge in [-0.05, 0) is 72.9 Å². The first-order chi connectivity index (χ1) is 15.4. The molecule has 32 heavy (non-hydrogen) atoms. The summed E-state index contributed by atoms with van der Waals surface area (Å²) in [5.41, 5.74) is 4.92. The van der Waals surface area contributed by atoms with E-state index >= 15 is 0 Å². The third kappa shape index (κ3) is 4.94. The van der Waals surface area contributed by atoms with E-state index in [1.807, 2.05) is 49.4 Å². The highest BCUT2D eigenvalue weighted by atomic mass is 35.5. The van der Waals surface area contributed by atoms with Crippen LogP contribution in [0.15, 0.2) is 65.1 Å². The average molecular weight is 449 g/mol. The Morgan fingerprint density at radius 3 is 2.62 bits per heavy atom. The summed E-state index contributed by atoms with van der Waals surface area (Å²) < 4.78 is 11.5. The normalized spacial score (nSPS) is 12.0. The molecule has 0 bridgehead atoms. The van der Waals surface area contributed by atoms with Gasteiger partial charge < -0.3 is 14.5 Å². The van der Waals surface area contributed by atoms with Gasteiger partial charge in [0.15, 0.2) is 12.2 Å². The molecule has 3 aromatic carbocycles. The fourth-order valence-corrected chi connectivity index (χ4v) is 3.70. The predicted molar refractivity (Wildman–Crippen MR) is 128 cm³/mol. The van der Waals surface area contributed by atoms with E-state index in [-0.39, 0.29) is 12.5 Å². The highest BCUT2D eigenvalue weighted by Crippen LogP contribution is 2.31. The smallest absolute Gasteiger partial charge is 0.262 e. The molecule has 1 unspecified atom stereocenters. The molecule has 0 spiro atoms. The summed E-state index contributed by atoms with van der Waals surface area (Å²) in [4.78, 5) is 16.9. The van der Waals surface area contributed by atoms with Crippen LogP contribution in [-0.4, -0.2) is 17.5 Å². The average Bonchev–Trinajstić information content (AvgIpc) is 3.20. The molecule has 6 heteroatoms. The molecule has 0 radical (unpaired) electrons. The number of hydrogen-bond donors (Lipinski definition) is 1. The number of oxazole rings is 1. The molecule has 5 nitrogen and oxygen atoms in total. The molecule has 0 saturated heterocycles. The van der Waals surface area contributed by atoms with Crippen LogP contribution in [0.1, 0.15) is 37.3 Å². The van der Waals surface area contributed by atoms with E-state index in [2.05, 4.69) is 24.1 Å². The molecule has 4 rings (SSSR count). The minimum Gasteiger partial charge on any atom is -0.484 e. The zero-order chi connectivity index (χ0) is 22.7. The van der Waals surface area contributed by atoms with Crippen LogP contribution in [-0.2, 0) is 4.79 Å². The van der Waals surface area contributed by atoms with Crippen molar-refractivity contribution in [2.45, 2.75) is 33.1 Å². The number of halogens is 1. The Labute approximate surface area is 192 Å². The first-order valence-corrected chi connectivity index (χ1v) is 11.0. The number of nitrogens with one attached hydrogen (secondary N) is 1. The van der Waals surface area contributed by atoms with Crippen LogP contribution in [0, 0.1) is 6.92 Å². The summed E-state index contributed by atoms with van der Waals surface area (Å²) in [6.07, 6.45) is 1.08. The topological polar surface area (TPSA) is 64.4 Å². The summed E-state index contributed by atoms with van der Waals surface area (Å²) in [5, 5.41) is 3.42. The molecular formula is C26H25ClN2O3. The maximum Gasteiger partial charge on any atom is 0.262 e. The zero-order valence-corrected chi connectivity index (χ0v) is 19.1. The van der Waals surface area contributed by atoms with Crippen LogP contribution in [0.3, 0.4) is 0 Å². The zero-order valence-electron chi connectivity index (χ0n) is 18.3. The van der Waals surface area contributed by atoms with Gasteiger partial charge >= 0.3 is 0 Å². The number of carbonyl (C=O) groups is 1. The number of carbonyl (C=O) groups excluding carboxylic acids is 1.